The van der Waals surface area contributed by atoms with Gasteiger partial charge in [-0.1, -0.05) is 0 Å². The molecule has 0 bridgehead atoms. The molecule has 0 unspecified atom stereocenters. The summed E-state index contributed by atoms with van der Waals surface area (Å²) in [4.78, 5) is 20.5. The average molecular weight is 248 g/mol. The minimum atomic E-state index is -1.04. The zero-order valence-corrected chi connectivity index (χ0v) is 9.76. The van der Waals surface area contributed by atoms with E-state index in [0.717, 1.165) is 0 Å². The monoisotopic (exact) mass is 248 g/mol. The summed E-state index contributed by atoms with van der Waals surface area (Å²) in [5.74, 6) is -1.78. The van der Waals surface area contributed by atoms with E-state index in [-0.39, 0.29) is 13.2 Å². The lowest BCUT2D eigenvalue weighted by Crippen LogP contribution is -2.57. The number of hydrogen-bond acceptors (Lipinski definition) is 5. The maximum absolute atomic E-state index is 10.3. The van der Waals surface area contributed by atoms with E-state index in [4.69, 9.17) is 19.7 Å². The van der Waals surface area contributed by atoms with Crippen LogP contribution in [0.1, 0.15) is 12.8 Å². The van der Waals surface area contributed by atoms with Crippen LogP contribution in [0, 0.1) is 0 Å². The van der Waals surface area contributed by atoms with Crippen LogP contribution >= 0.6 is 0 Å². The van der Waals surface area contributed by atoms with Gasteiger partial charge < -0.3 is 24.4 Å². The molecule has 1 heterocycles. The Morgan fingerprint density at radius 2 is 1.41 bits per heavy atom. The lowest BCUT2D eigenvalue weighted by Gasteiger charge is -2.35. The topological polar surface area (TPSA) is 102 Å². The average Bonchev–Trinajstić information content (AvgIpc) is 2.97. The summed E-state index contributed by atoms with van der Waals surface area (Å²) in [6, 6.07) is 0. The molecule has 98 valence electrons. The Hall–Kier alpha value is -1.18. The van der Waals surface area contributed by atoms with Crippen LogP contribution in [0.4, 0.5) is 0 Å². The summed E-state index contributed by atoms with van der Waals surface area (Å²) in [6.07, 6.45) is 1.33. The van der Waals surface area contributed by atoms with E-state index in [9.17, 15) is 9.59 Å². The molecule has 0 aromatic rings. The van der Waals surface area contributed by atoms with Gasteiger partial charge in [-0.25, -0.2) is 9.59 Å². The summed E-state index contributed by atoms with van der Waals surface area (Å²) < 4.78 is 14.1. The molecule has 0 atom stereocenters. The van der Waals surface area contributed by atoms with Crippen LogP contribution in [0.15, 0.2) is 0 Å². The van der Waals surface area contributed by atoms with E-state index in [1.807, 2.05) is 0 Å². The first-order chi connectivity index (χ1) is 7.92. The quantitative estimate of drug-likeness (QED) is 0.706. The molecule has 0 amide bonds. The summed E-state index contributed by atoms with van der Waals surface area (Å²) >= 11 is 0. The molecule has 17 heavy (non-hydrogen) atoms. The molecule has 0 spiro atoms. The van der Waals surface area contributed by atoms with Crippen molar-refractivity contribution in [1.29, 1.82) is 0 Å². The van der Waals surface area contributed by atoms with Gasteiger partial charge in [-0.05, 0) is 12.8 Å². The van der Waals surface area contributed by atoms with Crippen LogP contribution in [0.3, 0.4) is 0 Å². The SMILES string of the molecule is COC1(C(=O)O)CC1.COC1(C(=O)O)COC1. The number of methoxy groups -OCH3 is 2. The molecule has 1 saturated carbocycles. The highest BCUT2D eigenvalue weighted by Gasteiger charge is 2.50. The third kappa shape index (κ3) is 2.74. The number of rotatable bonds is 4. The maximum Gasteiger partial charge on any atom is 0.340 e. The normalized spacial score (nSPS) is 22.7. The fraction of sp³-hybridized carbons (Fsp3) is 0.800. The van der Waals surface area contributed by atoms with E-state index >= 15 is 0 Å². The Kier molecular flexibility index (Phi) is 4.07. The van der Waals surface area contributed by atoms with Gasteiger partial charge in [0, 0.05) is 14.2 Å². The number of hydrogen-bond donors (Lipinski definition) is 2. The first kappa shape index (κ1) is 13.9. The van der Waals surface area contributed by atoms with Crippen LogP contribution in [0.5, 0.6) is 0 Å². The largest absolute Gasteiger partial charge is 0.479 e. The second kappa shape index (κ2) is 4.99. The summed E-state index contributed by atoms with van der Waals surface area (Å²) in [5.41, 5.74) is -1.83. The fourth-order valence-electron chi connectivity index (χ4n) is 1.23. The van der Waals surface area contributed by atoms with E-state index in [1.165, 1.54) is 14.2 Å². The molecule has 2 rings (SSSR count). The Labute approximate surface area is 98.3 Å². The predicted molar refractivity (Wildman–Crippen MR) is 54.8 cm³/mol. The van der Waals surface area contributed by atoms with Crippen LogP contribution in [0.25, 0.3) is 0 Å². The van der Waals surface area contributed by atoms with Crippen molar-refractivity contribution in [2.75, 3.05) is 27.4 Å². The lowest BCUT2D eigenvalue weighted by molar-refractivity contribution is -0.215. The smallest absolute Gasteiger partial charge is 0.340 e. The van der Waals surface area contributed by atoms with Crippen molar-refractivity contribution >= 4 is 11.9 Å². The maximum atomic E-state index is 10.3. The Bertz CT molecular complexity index is 298. The zero-order valence-electron chi connectivity index (χ0n) is 9.76. The third-order valence-corrected chi connectivity index (χ3v) is 2.94. The molecule has 1 aliphatic carbocycles. The van der Waals surface area contributed by atoms with Gasteiger partial charge in [-0.2, -0.15) is 0 Å². The molecule has 2 aliphatic rings. The van der Waals surface area contributed by atoms with Gasteiger partial charge in [0.15, 0.2) is 5.60 Å². The molecule has 0 aromatic carbocycles. The Morgan fingerprint density at radius 3 is 1.41 bits per heavy atom. The minimum Gasteiger partial charge on any atom is -0.479 e. The third-order valence-electron chi connectivity index (χ3n) is 2.94. The first-order valence-electron chi connectivity index (χ1n) is 5.07. The van der Waals surface area contributed by atoms with Crippen molar-refractivity contribution in [2.45, 2.75) is 24.0 Å². The van der Waals surface area contributed by atoms with Crippen LogP contribution in [0.2, 0.25) is 0 Å². The molecule has 1 aliphatic heterocycles. The van der Waals surface area contributed by atoms with E-state index < -0.39 is 23.1 Å². The molecule has 0 aromatic heterocycles. The van der Waals surface area contributed by atoms with Crippen molar-refractivity contribution in [2.24, 2.45) is 0 Å². The Morgan fingerprint density at radius 1 is 1.00 bits per heavy atom. The predicted octanol–water partition coefficient (Wildman–Crippen LogP) is -0.264. The molecule has 1 saturated heterocycles. The molecular weight excluding hydrogens is 232 g/mol. The van der Waals surface area contributed by atoms with Gasteiger partial charge in [0.05, 0.1) is 13.2 Å². The molecule has 0 radical (unpaired) electrons. The van der Waals surface area contributed by atoms with Crippen LogP contribution in [-0.2, 0) is 23.8 Å². The van der Waals surface area contributed by atoms with Gasteiger partial charge in [-0.3, -0.25) is 0 Å². The number of ether oxygens (including phenoxy) is 3. The van der Waals surface area contributed by atoms with Gasteiger partial charge in [0.25, 0.3) is 0 Å². The zero-order chi connectivity index (χ0) is 13.1. The van der Waals surface area contributed by atoms with Crippen molar-refractivity contribution in [3.05, 3.63) is 0 Å². The first-order valence-corrected chi connectivity index (χ1v) is 5.07. The van der Waals surface area contributed by atoms with Crippen molar-refractivity contribution in [1.82, 2.24) is 0 Å². The lowest BCUT2D eigenvalue weighted by atomic mass is 10.0. The molecular formula is C10H16O7. The van der Waals surface area contributed by atoms with E-state index in [2.05, 4.69) is 4.74 Å². The van der Waals surface area contributed by atoms with Gasteiger partial charge in [0.2, 0.25) is 5.60 Å². The Balaban J connectivity index is 0.000000171. The highest BCUT2D eigenvalue weighted by atomic mass is 16.6. The number of carboxylic acids is 2. The molecule has 7 heteroatoms. The number of aliphatic carboxylic acids is 2. The van der Waals surface area contributed by atoms with E-state index in [1.54, 1.807) is 0 Å². The minimum absolute atomic E-state index is 0.166. The van der Waals surface area contributed by atoms with E-state index in [0.29, 0.717) is 12.8 Å². The molecule has 7 nitrogen and oxygen atoms in total. The second-order valence-electron chi connectivity index (χ2n) is 4.00. The number of carboxylic acid groups (broad SMARTS) is 2. The van der Waals surface area contributed by atoms with Gasteiger partial charge in [0.1, 0.15) is 0 Å². The van der Waals surface area contributed by atoms with Crippen LogP contribution in [-0.4, -0.2) is 60.8 Å². The van der Waals surface area contributed by atoms with Gasteiger partial charge >= 0.3 is 11.9 Å². The highest BCUT2D eigenvalue weighted by Crippen LogP contribution is 2.38. The summed E-state index contributed by atoms with van der Waals surface area (Å²) in [5, 5.41) is 16.9. The van der Waals surface area contributed by atoms with Crippen molar-refractivity contribution < 1.29 is 34.0 Å². The highest BCUT2D eigenvalue weighted by molar-refractivity contribution is 5.80. The summed E-state index contributed by atoms with van der Waals surface area (Å²) in [6.45, 7) is 0.331. The second-order valence-corrected chi connectivity index (χ2v) is 4.00. The molecule has 2 fully saturated rings. The number of carbonyl (C=O) groups is 2. The van der Waals surface area contributed by atoms with Crippen molar-refractivity contribution in [3.63, 3.8) is 0 Å². The fourth-order valence-corrected chi connectivity index (χ4v) is 1.23. The van der Waals surface area contributed by atoms with Crippen molar-refractivity contribution in [3.8, 4) is 0 Å². The standard InChI is InChI=1S/C5H8O4.C5H8O3/c1-8-5(4(6)7)2-9-3-5;1-8-5(2-3-5)4(6)7/h2-3H2,1H3,(H,6,7);2-3H2,1H3,(H,6,7). The molecule has 2 N–H and O–H groups in total. The summed E-state index contributed by atoms with van der Waals surface area (Å²) in [7, 11) is 2.80. The van der Waals surface area contributed by atoms with Gasteiger partial charge in [-0.15, -0.1) is 0 Å². The van der Waals surface area contributed by atoms with Crippen LogP contribution < -0.4 is 0 Å².